The van der Waals surface area contributed by atoms with Crippen LogP contribution in [0.15, 0.2) is 156 Å². The average molecular weight is 576 g/mol. The van der Waals surface area contributed by atoms with Gasteiger partial charge in [-0.1, -0.05) is 97.1 Å². The van der Waals surface area contributed by atoms with E-state index in [0.29, 0.717) is 0 Å². The van der Waals surface area contributed by atoms with E-state index in [-0.39, 0.29) is 0 Å². The second-order valence-corrected chi connectivity index (χ2v) is 11.6. The van der Waals surface area contributed by atoms with Gasteiger partial charge in [0.1, 0.15) is 11.2 Å². The van der Waals surface area contributed by atoms with Gasteiger partial charge < -0.3 is 4.42 Å². The van der Waals surface area contributed by atoms with Gasteiger partial charge in [-0.25, -0.2) is 4.98 Å². The maximum absolute atomic E-state index is 6.09. The Balaban J connectivity index is 1.21. The van der Waals surface area contributed by atoms with Crippen LogP contribution in [-0.2, 0) is 0 Å². The Morgan fingerprint density at radius 1 is 0.511 bits per heavy atom. The molecule has 1 aliphatic heterocycles. The van der Waals surface area contributed by atoms with Crippen molar-refractivity contribution >= 4 is 61.1 Å². The molecule has 0 unspecified atom stereocenters. The molecule has 0 fully saturated rings. The normalized spacial score (nSPS) is 12.4. The fourth-order valence-electron chi connectivity index (χ4n) is 7.08. The molecule has 7 aromatic carbocycles. The maximum atomic E-state index is 6.09. The molecular weight excluding hydrogens is 550 g/mol. The highest BCUT2D eigenvalue weighted by molar-refractivity contribution is 6.09. The lowest BCUT2D eigenvalue weighted by atomic mass is 9.94. The largest absolute Gasteiger partial charge is 0.456 e. The van der Waals surface area contributed by atoms with E-state index in [1.165, 1.54) is 21.9 Å². The summed E-state index contributed by atoms with van der Waals surface area (Å²) in [5.74, 6) is 0.872. The molecule has 9 aromatic rings. The van der Waals surface area contributed by atoms with Gasteiger partial charge >= 0.3 is 0 Å². The topological polar surface area (TPSA) is 34.2 Å². The van der Waals surface area contributed by atoms with Crippen LogP contribution in [0.1, 0.15) is 0 Å². The third kappa shape index (κ3) is 3.51. The van der Waals surface area contributed by atoms with E-state index in [1.807, 2.05) is 12.1 Å². The van der Waals surface area contributed by atoms with Crippen molar-refractivity contribution in [2.45, 2.75) is 0 Å². The molecule has 0 amide bonds. The average Bonchev–Trinajstić information content (AvgIpc) is 3.63. The molecule has 10 rings (SSSR count). The molecule has 45 heavy (non-hydrogen) atoms. The number of furan rings is 1. The van der Waals surface area contributed by atoms with Crippen molar-refractivity contribution in [3.63, 3.8) is 0 Å². The van der Waals surface area contributed by atoms with Crippen molar-refractivity contribution in [3.05, 3.63) is 152 Å². The Hall–Kier alpha value is -6.13. The van der Waals surface area contributed by atoms with Crippen LogP contribution in [0.2, 0.25) is 0 Å². The van der Waals surface area contributed by atoms with E-state index in [0.717, 1.165) is 67.1 Å². The van der Waals surface area contributed by atoms with Crippen molar-refractivity contribution in [3.8, 4) is 27.9 Å². The Kier molecular flexibility index (Phi) is 4.96. The van der Waals surface area contributed by atoms with Gasteiger partial charge in [0.15, 0.2) is 0 Å². The highest BCUT2D eigenvalue weighted by Gasteiger charge is 2.30. The summed E-state index contributed by atoms with van der Waals surface area (Å²) in [4.78, 5) is 7.58. The van der Waals surface area contributed by atoms with Gasteiger partial charge in [0.05, 0.1) is 22.4 Å². The first-order valence-electron chi connectivity index (χ1n) is 15.2. The number of benzene rings is 7. The van der Waals surface area contributed by atoms with Crippen LogP contribution < -0.4 is 4.90 Å². The van der Waals surface area contributed by atoms with Crippen LogP contribution in [0.25, 0.3) is 71.7 Å². The quantitative estimate of drug-likeness (QED) is 0.206. The summed E-state index contributed by atoms with van der Waals surface area (Å²) in [5.41, 5.74) is 11.8. The summed E-state index contributed by atoms with van der Waals surface area (Å²) < 4.78 is 8.40. The van der Waals surface area contributed by atoms with E-state index < -0.39 is 0 Å². The molecule has 1 aliphatic rings. The number of para-hydroxylation sites is 4. The van der Waals surface area contributed by atoms with Gasteiger partial charge in [0.25, 0.3) is 0 Å². The summed E-state index contributed by atoms with van der Waals surface area (Å²) in [6.45, 7) is 0. The van der Waals surface area contributed by atoms with Crippen LogP contribution in [-0.4, -0.2) is 9.55 Å². The van der Waals surface area contributed by atoms with Gasteiger partial charge in [-0.3, -0.25) is 9.47 Å². The zero-order valence-corrected chi connectivity index (χ0v) is 24.2. The summed E-state index contributed by atoms with van der Waals surface area (Å²) in [5, 5.41) is 4.71. The third-order valence-electron chi connectivity index (χ3n) is 9.14. The first-order chi connectivity index (χ1) is 22.3. The van der Waals surface area contributed by atoms with E-state index >= 15 is 0 Å². The molecule has 0 N–H and O–H groups in total. The molecule has 2 aromatic heterocycles. The SMILES string of the molecule is c1ccc2c(c1)-c1c(ccc3ccccc13)N(c1ccc(-c3ccc4oc5ccccc5c4c3)cc1)c1nc3ccccc3n1-2. The lowest BCUT2D eigenvalue weighted by Gasteiger charge is -2.25. The number of rotatable bonds is 2. The van der Waals surface area contributed by atoms with Crippen LogP contribution in [0.5, 0.6) is 0 Å². The second kappa shape index (κ2) is 9.18. The van der Waals surface area contributed by atoms with Gasteiger partial charge in [0, 0.05) is 27.6 Å². The highest BCUT2D eigenvalue weighted by atomic mass is 16.3. The number of nitrogens with zero attached hydrogens (tertiary/aromatic N) is 3. The molecule has 0 spiro atoms. The number of imidazole rings is 1. The molecule has 0 saturated heterocycles. The summed E-state index contributed by atoms with van der Waals surface area (Å²) in [6.07, 6.45) is 0. The fraction of sp³-hybridized carbons (Fsp3) is 0. The zero-order chi connectivity index (χ0) is 29.5. The molecule has 0 atom stereocenters. The number of hydrogen-bond donors (Lipinski definition) is 0. The lowest BCUT2D eigenvalue weighted by Crippen LogP contribution is -2.14. The molecule has 0 bridgehead atoms. The van der Waals surface area contributed by atoms with Gasteiger partial charge in [-0.2, -0.15) is 0 Å². The number of hydrogen-bond acceptors (Lipinski definition) is 3. The number of anilines is 3. The maximum Gasteiger partial charge on any atom is 0.220 e. The Bertz CT molecular complexity index is 2610. The lowest BCUT2D eigenvalue weighted by molar-refractivity contribution is 0.669. The summed E-state index contributed by atoms with van der Waals surface area (Å²) in [7, 11) is 0. The summed E-state index contributed by atoms with van der Waals surface area (Å²) >= 11 is 0. The molecule has 4 heteroatoms. The standard InChI is InChI=1S/C41H25N3O/c1-2-10-30-27(9-1)19-23-37-40(30)32-12-3-6-14-35(32)44-36-15-7-5-13-34(36)42-41(44)43(37)29-21-17-26(18-22-29)28-20-24-39-33(25-28)31-11-4-8-16-38(31)45-39/h1-25H. The predicted molar refractivity (Wildman–Crippen MR) is 185 cm³/mol. The Morgan fingerprint density at radius 2 is 1.24 bits per heavy atom. The van der Waals surface area contributed by atoms with Crippen molar-refractivity contribution in [1.29, 1.82) is 0 Å². The minimum Gasteiger partial charge on any atom is -0.456 e. The Morgan fingerprint density at radius 3 is 2.18 bits per heavy atom. The summed E-state index contributed by atoms with van der Waals surface area (Å²) in [6, 6.07) is 53.8. The van der Waals surface area contributed by atoms with Crippen LogP contribution in [0, 0.1) is 0 Å². The monoisotopic (exact) mass is 575 g/mol. The van der Waals surface area contributed by atoms with Crippen molar-refractivity contribution < 1.29 is 4.42 Å². The van der Waals surface area contributed by atoms with E-state index in [2.05, 4.69) is 149 Å². The smallest absolute Gasteiger partial charge is 0.220 e. The van der Waals surface area contributed by atoms with Gasteiger partial charge in [-0.15, -0.1) is 0 Å². The van der Waals surface area contributed by atoms with Crippen molar-refractivity contribution in [2.75, 3.05) is 4.90 Å². The van der Waals surface area contributed by atoms with Crippen LogP contribution >= 0.6 is 0 Å². The van der Waals surface area contributed by atoms with E-state index in [1.54, 1.807) is 0 Å². The minimum atomic E-state index is 0.872. The van der Waals surface area contributed by atoms with Gasteiger partial charge in [0.2, 0.25) is 5.95 Å². The Labute approximate surface area is 259 Å². The molecule has 4 nitrogen and oxygen atoms in total. The first-order valence-corrected chi connectivity index (χ1v) is 15.2. The van der Waals surface area contributed by atoms with Gasteiger partial charge in [-0.05, 0) is 76.5 Å². The fourth-order valence-corrected chi connectivity index (χ4v) is 7.08. The second-order valence-electron chi connectivity index (χ2n) is 11.6. The zero-order valence-electron chi connectivity index (χ0n) is 24.2. The van der Waals surface area contributed by atoms with E-state index in [4.69, 9.17) is 9.40 Å². The third-order valence-corrected chi connectivity index (χ3v) is 9.14. The minimum absolute atomic E-state index is 0.872. The van der Waals surface area contributed by atoms with E-state index in [9.17, 15) is 0 Å². The molecule has 3 heterocycles. The molecule has 210 valence electrons. The van der Waals surface area contributed by atoms with Crippen molar-refractivity contribution in [2.24, 2.45) is 0 Å². The molecule has 0 aliphatic carbocycles. The number of fused-ring (bicyclic) bond motifs is 12. The van der Waals surface area contributed by atoms with Crippen molar-refractivity contribution in [1.82, 2.24) is 9.55 Å². The van der Waals surface area contributed by atoms with Crippen LogP contribution in [0.3, 0.4) is 0 Å². The first kappa shape index (κ1) is 24.3. The predicted octanol–water partition coefficient (Wildman–Crippen LogP) is 11.2. The molecule has 0 saturated carbocycles. The number of aromatic nitrogens is 2. The molecule has 0 radical (unpaired) electrons. The molecular formula is C41H25N3O. The van der Waals surface area contributed by atoms with Crippen LogP contribution in [0.4, 0.5) is 17.3 Å². The highest BCUT2D eigenvalue weighted by Crippen LogP contribution is 2.50.